The van der Waals surface area contributed by atoms with E-state index >= 15 is 0 Å². The van der Waals surface area contributed by atoms with Gasteiger partial charge in [-0.1, -0.05) is 40.2 Å². The van der Waals surface area contributed by atoms with Gasteiger partial charge in [0.15, 0.2) is 0 Å². The highest BCUT2D eigenvalue weighted by Gasteiger charge is 2.13. The molecule has 0 aliphatic heterocycles. The number of phenolic OH excluding ortho intramolecular Hbond substituents is 1. The number of nitrogens with zero attached hydrogens (tertiary/aromatic N) is 2. The monoisotopic (exact) mass is 435 g/mol. The Morgan fingerprint density at radius 3 is 2.50 bits per heavy atom. The van der Waals surface area contributed by atoms with E-state index in [1.54, 1.807) is 12.1 Å². The van der Waals surface area contributed by atoms with Gasteiger partial charge in [0.25, 0.3) is 5.91 Å². The molecule has 1 aromatic heterocycles. The number of phenols is 1. The van der Waals surface area contributed by atoms with Gasteiger partial charge in [0, 0.05) is 22.4 Å². The van der Waals surface area contributed by atoms with Crippen LogP contribution in [-0.4, -0.2) is 21.3 Å². The number of carbonyl (C=O) groups is 1. The van der Waals surface area contributed by atoms with Crippen LogP contribution in [0.1, 0.15) is 23.0 Å². The molecule has 0 atom stereocenters. The minimum absolute atomic E-state index is 0.0708. The largest absolute Gasteiger partial charge is 0.507 e. The van der Waals surface area contributed by atoms with E-state index in [0.29, 0.717) is 5.71 Å². The molecule has 4 rings (SSSR count). The summed E-state index contributed by atoms with van der Waals surface area (Å²) in [5, 5.41) is 17.3. The van der Waals surface area contributed by atoms with Crippen molar-refractivity contribution in [1.82, 2.24) is 9.99 Å². The molecule has 6 heteroatoms. The third kappa shape index (κ3) is 3.27. The number of benzene rings is 3. The Kier molecular flexibility index (Phi) is 4.65. The van der Waals surface area contributed by atoms with Gasteiger partial charge in [0.2, 0.25) is 0 Å². The van der Waals surface area contributed by atoms with Crippen molar-refractivity contribution in [2.45, 2.75) is 6.92 Å². The third-order valence-corrected chi connectivity index (χ3v) is 5.30. The topological polar surface area (TPSA) is 66.6 Å². The molecule has 28 heavy (non-hydrogen) atoms. The number of halogens is 1. The van der Waals surface area contributed by atoms with Crippen LogP contribution in [0.25, 0.3) is 21.7 Å². The second kappa shape index (κ2) is 7.13. The summed E-state index contributed by atoms with van der Waals surface area (Å²) in [6, 6.07) is 18.9. The van der Waals surface area contributed by atoms with Crippen LogP contribution in [-0.2, 0) is 7.05 Å². The van der Waals surface area contributed by atoms with Crippen molar-refractivity contribution in [3.05, 3.63) is 76.4 Å². The molecule has 0 spiro atoms. The molecule has 140 valence electrons. The molecule has 0 radical (unpaired) electrons. The number of hydrazone groups is 1. The van der Waals surface area contributed by atoms with Gasteiger partial charge in [0.1, 0.15) is 5.75 Å². The lowest BCUT2D eigenvalue weighted by Crippen LogP contribution is -2.20. The van der Waals surface area contributed by atoms with Gasteiger partial charge in [-0.3, -0.25) is 4.79 Å². The molecule has 3 aromatic carbocycles. The van der Waals surface area contributed by atoms with E-state index < -0.39 is 5.91 Å². The standard InChI is InChI=1S/C22H18BrN3O2/c1-13(20-11-16-9-17(23)7-8-19(16)26(20)2)24-25-22(28)18-10-14-5-3-4-6-15(14)12-21(18)27/h3-12,27H,1-2H3,(H,25,28)/b24-13+. The highest BCUT2D eigenvalue weighted by molar-refractivity contribution is 9.10. The molecule has 1 amide bonds. The van der Waals surface area contributed by atoms with Crippen LogP contribution in [0.2, 0.25) is 0 Å². The molecule has 1 heterocycles. The van der Waals surface area contributed by atoms with Gasteiger partial charge in [-0.05, 0) is 54.1 Å². The highest BCUT2D eigenvalue weighted by atomic mass is 79.9. The summed E-state index contributed by atoms with van der Waals surface area (Å²) < 4.78 is 3.03. The molecule has 0 bridgehead atoms. The highest BCUT2D eigenvalue weighted by Crippen LogP contribution is 2.25. The van der Waals surface area contributed by atoms with Crippen molar-refractivity contribution in [3.8, 4) is 5.75 Å². The van der Waals surface area contributed by atoms with Crippen LogP contribution in [0, 0.1) is 0 Å². The zero-order valence-electron chi connectivity index (χ0n) is 15.4. The van der Waals surface area contributed by atoms with Gasteiger partial charge in [-0.25, -0.2) is 5.43 Å². The third-order valence-electron chi connectivity index (χ3n) is 4.81. The Labute approximate surface area is 170 Å². The van der Waals surface area contributed by atoms with Crippen LogP contribution in [0.3, 0.4) is 0 Å². The fourth-order valence-corrected chi connectivity index (χ4v) is 3.71. The first kappa shape index (κ1) is 18.3. The van der Waals surface area contributed by atoms with E-state index in [-0.39, 0.29) is 11.3 Å². The number of hydrogen-bond acceptors (Lipinski definition) is 3. The number of nitrogens with one attached hydrogen (secondary N) is 1. The number of aromatic hydroxyl groups is 1. The van der Waals surface area contributed by atoms with Crippen molar-refractivity contribution in [2.24, 2.45) is 12.1 Å². The van der Waals surface area contributed by atoms with Gasteiger partial charge < -0.3 is 9.67 Å². The van der Waals surface area contributed by atoms with Crippen molar-refractivity contribution in [3.63, 3.8) is 0 Å². The SMILES string of the molecule is C/C(=N\NC(=O)c1cc2ccccc2cc1O)c1cc2cc(Br)ccc2n1C. The van der Waals surface area contributed by atoms with E-state index in [1.807, 2.05) is 67.1 Å². The Bertz CT molecular complexity index is 1260. The van der Waals surface area contributed by atoms with Crippen LogP contribution < -0.4 is 5.43 Å². The Balaban J connectivity index is 1.63. The normalized spacial score (nSPS) is 11.9. The lowest BCUT2D eigenvalue weighted by Gasteiger charge is -2.07. The maximum absolute atomic E-state index is 12.6. The molecule has 2 N–H and O–H groups in total. The summed E-state index contributed by atoms with van der Waals surface area (Å²) in [4.78, 5) is 12.6. The molecule has 0 fully saturated rings. The van der Waals surface area contributed by atoms with Crippen molar-refractivity contribution < 1.29 is 9.90 Å². The summed E-state index contributed by atoms with van der Waals surface area (Å²) in [6.45, 7) is 1.84. The number of amides is 1. The average Bonchev–Trinajstić information content (AvgIpc) is 3.01. The Hall–Kier alpha value is -3.12. The lowest BCUT2D eigenvalue weighted by molar-refractivity contribution is 0.0952. The Morgan fingerprint density at radius 2 is 1.75 bits per heavy atom. The molecule has 0 aliphatic carbocycles. The smallest absolute Gasteiger partial charge is 0.275 e. The first-order valence-corrected chi connectivity index (χ1v) is 9.55. The van der Waals surface area contributed by atoms with E-state index in [4.69, 9.17) is 0 Å². The maximum atomic E-state index is 12.6. The molecular formula is C22H18BrN3O2. The van der Waals surface area contributed by atoms with Crippen LogP contribution in [0.5, 0.6) is 5.75 Å². The zero-order chi connectivity index (χ0) is 19.8. The number of aromatic nitrogens is 1. The quantitative estimate of drug-likeness (QED) is 0.353. The minimum Gasteiger partial charge on any atom is -0.507 e. The predicted molar refractivity (Wildman–Crippen MR) is 116 cm³/mol. The lowest BCUT2D eigenvalue weighted by atomic mass is 10.1. The molecule has 4 aromatic rings. The molecule has 5 nitrogen and oxygen atoms in total. The molecule has 0 unspecified atom stereocenters. The van der Waals surface area contributed by atoms with Gasteiger partial charge >= 0.3 is 0 Å². The van der Waals surface area contributed by atoms with Crippen LogP contribution in [0.15, 0.2) is 70.2 Å². The van der Waals surface area contributed by atoms with Crippen molar-refractivity contribution >= 4 is 49.2 Å². The number of carbonyl (C=O) groups excluding carboxylic acids is 1. The average molecular weight is 436 g/mol. The fourth-order valence-electron chi connectivity index (χ4n) is 3.33. The van der Waals surface area contributed by atoms with E-state index in [1.165, 1.54) is 0 Å². The summed E-state index contributed by atoms with van der Waals surface area (Å²) in [6.07, 6.45) is 0. The summed E-state index contributed by atoms with van der Waals surface area (Å²) >= 11 is 3.48. The van der Waals surface area contributed by atoms with Crippen molar-refractivity contribution in [1.29, 1.82) is 0 Å². The first-order valence-electron chi connectivity index (χ1n) is 8.76. The fraction of sp³-hybridized carbons (Fsp3) is 0.0909. The number of hydrogen-bond donors (Lipinski definition) is 2. The summed E-state index contributed by atoms with van der Waals surface area (Å²) in [5.41, 5.74) is 5.39. The van der Waals surface area contributed by atoms with E-state index in [9.17, 15) is 9.90 Å². The minimum atomic E-state index is -0.455. The van der Waals surface area contributed by atoms with E-state index in [2.05, 4.69) is 26.5 Å². The van der Waals surface area contributed by atoms with Crippen LogP contribution in [0.4, 0.5) is 0 Å². The van der Waals surface area contributed by atoms with Crippen molar-refractivity contribution in [2.75, 3.05) is 0 Å². The Morgan fingerprint density at radius 1 is 1.04 bits per heavy atom. The van der Waals surface area contributed by atoms with Gasteiger partial charge in [-0.2, -0.15) is 5.10 Å². The van der Waals surface area contributed by atoms with Gasteiger partial charge in [-0.15, -0.1) is 0 Å². The summed E-state index contributed by atoms with van der Waals surface area (Å²) in [7, 11) is 1.96. The van der Waals surface area contributed by atoms with Gasteiger partial charge in [0.05, 0.1) is 17.0 Å². The number of rotatable bonds is 3. The molecular weight excluding hydrogens is 418 g/mol. The second-order valence-electron chi connectivity index (χ2n) is 6.65. The zero-order valence-corrected chi connectivity index (χ0v) is 17.0. The maximum Gasteiger partial charge on any atom is 0.275 e. The van der Waals surface area contributed by atoms with Crippen LogP contribution >= 0.6 is 15.9 Å². The van der Waals surface area contributed by atoms with E-state index in [0.717, 1.165) is 31.8 Å². The predicted octanol–water partition coefficient (Wildman–Crippen LogP) is 4.95. The number of fused-ring (bicyclic) bond motifs is 2. The number of aryl methyl sites for hydroxylation is 1. The molecule has 0 saturated heterocycles. The summed E-state index contributed by atoms with van der Waals surface area (Å²) in [5.74, 6) is -0.525. The second-order valence-corrected chi connectivity index (χ2v) is 7.56. The molecule has 0 aliphatic rings. The first-order chi connectivity index (χ1) is 13.4. The molecule has 0 saturated carbocycles.